The summed E-state index contributed by atoms with van der Waals surface area (Å²) in [6, 6.07) is 0.333. The van der Waals surface area contributed by atoms with Crippen molar-refractivity contribution >= 4 is 22.9 Å². The summed E-state index contributed by atoms with van der Waals surface area (Å²) in [5.41, 5.74) is 5.92. The van der Waals surface area contributed by atoms with E-state index in [1.54, 1.807) is 11.3 Å². The molecule has 2 N–H and O–H groups in total. The minimum absolute atomic E-state index is 0.333. The minimum Gasteiger partial charge on any atom is -0.328 e. The number of hydrogen-bond acceptors (Lipinski definition) is 4. The molecule has 2 rings (SSSR count). The molecule has 0 saturated carbocycles. The van der Waals surface area contributed by atoms with Gasteiger partial charge >= 0.3 is 0 Å². The Kier molecular flexibility index (Phi) is 4.19. The van der Waals surface area contributed by atoms with Gasteiger partial charge in [-0.3, -0.25) is 4.90 Å². The van der Waals surface area contributed by atoms with Gasteiger partial charge in [0.25, 0.3) is 0 Å². The number of aromatic nitrogens is 1. The summed E-state index contributed by atoms with van der Waals surface area (Å²) in [5, 5.41) is 0. The van der Waals surface area contributed by atoms with Gasteiger partial charge in [-0.05, 0) is 38.8 Å². The zero-order valence-electron chi connectivity index (χ0n) is 9.53. The van der Waals surface area contributed by atoms with Crippen molar-refractivity contribution in [3.8, 4) is 0 Å². The Morgan fingerprint density at radius 3 is 2.81 bits per heavy atom. The second kappa shape index (κ2) is 5.45. The number of halogens is 1. The molecule has 2 heterocycles. The molecule has 1 aliphatic heterocycles. The normalized spacial score (nSPS) is 21.2. The van der Waals surface area contributed by atoms with E-state index in [2.05, 4.69) is 16.8 Å². The Morgan fingerprint density at radius 2 is 2.31 bits per heavy atom. The fourth-order valence-electron chi connectivity index (χ4n) is 2.21. The highest BCUT2D eigenvalue weighted by Gasteiger charge is 2.22. The molecule has 1 fully saturated rings. The summed E-state index contributed by atoms with van der Waals surface area (Å²) in [7, 11) is 0. The molecule has 0 bridgehead atoms. The SMILES string of the molecule is CC(N)C1CCN(Cc2cnc(Cl)s2)CC1. The molecule has 0 amide bonds. The monoisotopic (exact) mass is 259 g/mol. The third-order valence-corrected chi connectivity index (χ3v) is 4.38. The lowest BCUT2D eigenvalue weighted by atomic mass is 9.91. The molecule has 0 aromatic carbocycles. The molecule has 0 spiro atoms. The number of rotatable bonds is 3. The quantitative estimate of drug-likeness (QED) is 0.906. The molecular weight excluding hydrogens is 242 g/mol. The first-order valence-electron chi connectivity index (χ1n) is 5.73. The van der Waals surface area contributed by atoms with Gasteiger partial charge in [-0.2, -0.15) is 0 Å². The maximum atomic E-state index is 5.92. The van der Waals surface area contributed by atoms with Crippen LogP contribution in [0.3, 0.4) is 0 Å². The van der Waals surface area contributed by atoms with Gasteiger partial charge in [0, 0.05) is 23.7 Å². The topological polar surface area (TPSA) is 42.1 Å². The first kappa shape index (κ1) is 12.3. The molecule has 0 aliphatic carbocycles. The van der Waals surface area contributed by atoms with Gasteiger partial charge in [0.05, 0.1) is 0 Å². The summed E-state index contributed by atoms with van der Waals surface area (Å²) in [6.45, 7) is 5.38. The molecule has 16 heavy (non-hydrogen) atoms. The summed E-state index contributed by atoms with van der Waals surface area (Å²) in [4.78, 5) is 7.78. The lowest BCUT2D eigenvalue weighted by Crippen LogP contribution is -2.39. The Labute approximate surface area is 106 Å². The zero-order chi connectivity index (χ0) is 11.5. The molecule has 5 heteroatoms. The average molecular weight is 260 g/mol. The Morgan fingerprint density at radius 1 is 1.62 bits per heavy atom. The van der Waals surface area contributed by atoms with Crippen LogP contribution in [0, 0.1) is 5.92 Å². The predicted molar refractivity (Wildman–Crippen MR) is 68.8 cm³/mol. The van der Waals surface area contributed by atoms with E-state index in [1.165, 1.54) is 17.7 Å². The van der Waals surface area contributed by atoms with Crippen LogP contribution in [0.1, 0.15) is 24.6 Å². The molecule has 1 aromatic rings. The number of piperidine rings is 1. The molecule has 3 nitrogen and oxygen atoms in total. The van der Waals surface area contributed by atoms with Crippen molar-refractivity contribution in [1.29, 1.82) is 0 Å². The maximum absolute atomic E-state index is 5.92. The van der Waals surface area contributed by atoms with Crippen molar-refractivity contribution in [2.75, 3.05) is 13.1 Å². The van der Waals surface area contributed by atoms with E-state index in [0.29, 0.717) is 16.4 Å². The van der Waals surface area contributed by atoms with E-state index in [4.69, 9.17) is 17.3 Å². The van der Waals surface area contributed by atoms with Crippen LogP contribution in [0.15, 0.2) is 6.20 Å². The van der Waals surface area contributed by atoms with Crippen LogP contribution in [-0.4, -0.2) is 29.0 Å². The lowest BCUT2D eigenvalue weighted by Gasteiger charge is -2.33. The highest BCUT2D eigenvalue weighted by Crippen LogP contribution is 2.24. The van der Waals surface area contributed by atoms with E-state index in [9.17, 15) is 0 Å². The van der Waals surface area contributed by atoms with E-state index < -0.39 is 0 Å². The molecule has 1 aliphatic rings. The second-order valence-corrected chi connectivity index (χ2v) is 6.25. The third-order valence-electron chi connectivity index (χ3n) is 3.28. The van der Waals surface area contributed by atoms with Crippen molar-refractivity contribution < 1.29 is 0 Å². The molecule has 1 unspecified atom stereocenters. The van der Waals surface area contributed by atoms with Crippen molar-refractivity contribution in [3.05, 3.63) is 15.5 Å². The van der Waals surface area contributed by atoms with Crippen LogP contribution < -0.4 is 5.73 Å². The third kappa shape index (κ3) is 3.17. The van der Waals surface area contributed by atoms with Gasteiger partial charge in [0.15, 0.2) is 4.47 Å². The smallest absolute Gasteiger partial charge is 0.183 e. The van der Waals surface area contributed by atoms with Gasteiger partial charge in [-0.15, -0.1) is 11.3 Å². The molecule has 0 radical (unpaired) electrons. The van der Waals surface area contributed by atoms with Gasteiger partial charge in [0.1, 0.15) is 0 Å². The zero-order valence-corrected chi connectivity index (χ0v) is 11.1. The van der Waals surface area contributed by atoms with Crippen LogP contribution in [0.25, 0.3) is 0 Å². The fourth-order valence-corrected chi connectivity index (χ4v) is 3.23. The Bertz CT molecular complexity index is 332. The summed E-state index contributed by atoms with van der Waals surface area (Å²) >= 11 is 7.39. The summed E-state index contributed by atoms with van der Waals surface area (Å²) < 4.78 is 0.639. The van der Waals surface area contributed by atoms with E-state index in [0.717, 1.165) is 19.6 Å². The van der Waals surface area contributed by atoms with Gasteiger partial charge in [-0.1, -0.05) is 11.6 Å². The predicted octanol–water partition coefficient (Wildman–Crippen LogP) is 2.36. The van der Waals surface area contributed by atoms with Crippen LogP contribution in [0.4, 0.5) is 0 Å². The van der Waals surface area contributed by atoms with Crippen molar-refractivity contribution in [1.82, 2.24) is 9.88 Å². The van der Waals surface area contributed by atoms with Crippen molar-refractivity contribution in [2.45, 2.75) is 32.4 Å². The summed E-state index contributed by atoms with van der Waals surface area (Å²) in [5.74, 6) is 0.696. The number of likely N-dealkylation sites (tertiary alicyclic amines) is 1. The number of nitrogens with two attached hydrogens (primary N) is 1. The molecule has 1 aromatic heterocycles. The largest absolute Gasteiger partial charge is 0.328 e. The summed E-state index contributed by atoms with van der Waals surface area (Å²) in [6.07, 6.45) is 4.30. The average Bonchev–Trinajstić information content (AvgIpc) is 2.65. The van der Waals surface area contributed by atoms with Crippen LogP contribution >= 0.6 is 22.9 Å². The highest BCUT2D eigenvalue weighted by molar-refractivity contribution is 7.15. The Hall–Kier alpha value is -0.160. The molecule has 90 valence electrons. The first-order chi connectivity index (χ1) is 7.65. The molecular formula is C11H18ClN3S. The van der Waals surface area contributed by atoms with Crippen LogP contribution in [0.5, 0.6) is 0 Å². The number of hydrogen-bond donors (Lipinski definition) is 1. The van der Waals surface area contributed by atoms with Crippen molar-refractivity contribution in [3.63, 3.8) is 0 Å². The lowest BCUT2D eigenvalue weighted by molar-refractivity contribution is 0.167. The number of thiazole rings is 1. The fraction of sp³-hybridized carbons (Fsp3) is 0.727. The first-order valence-corrected chi connectivity index (χ1v) is 6.92. The highest BCUT2D eigenvalue weighted by atomic mass is 35.5. The van der Waals surface area contributed by atoms with Crippen LogP contribution in [0.2, 0.25) is 4.47 Å². The minimum atomic E-state index is 0.333. The Balaban J connectivity index is 1.81. The standard InChI is InChI=1S/C11H18ClN3S/c1-8(13)9-2-4-15(5-3-9)7-10-6-14-11(12)16-10/h6,8-9H,2-5,7,13H2,1H3. The molecule has 1 saturated heterocycles. The van der Waals surface area contributed by atoms with Gasteiger partial charge in [0.2, 0.25) is 0 Å². The van der Waals surface area contributed by atoms with Gasteiger partial charge in [-0.25, -0.2) is 4.98 Å². The van der Waals surface area contributed by atoms with E-state index >= 15 is 0 Å². The van der Waals surface area contributed by atoms with Crippen molar-refractivity contribution in [2.24, 2.45) is 11.7 Å². The second-order valence-electron chi connectivity index (χ2n) is 4.55. The maximum Gasteiger partial charge on any atom is 0.183 e. The molecule has 1 atom stereocenters. The van der Waals surface area contributed by atoms with Gasteiger partial charge < -0.3 is 5.73 Å². The van der Waals surface area contributed by atoms with E-state index in [-0.39, 0.29) is 0 Å². The number of nitrogens with zero attached hydrogens (tertiary/aromatic N) is 2. The van der Waals surface area contributed by atoms with E-state index in [1.807, 2.05) is 6.20 Å². The van der Waals surface area contributed by atoms with Crippen LogP contribution in [-0.2, 0) is 6.54 Å².